The molecule has 0 amide bonds. The molecule has 110 valence electrons. The van der Waals surface area contributed by atoms with Crippen molar-refractivity contribution in [2.75, 3.05) is 20.1 Å². The van der Waals surface area contributed by atoms with Gasteiger partial charge in [0.05, 0.1) is 0 Å². The summed E-state index contributed by atoms with van der Waals surface area (Å²) >= 11 is 7.31. The zero-order chi connectivity index (χ0) is 14.3. The van der Waals surface area contributed by atoms with Crippen molar-refractivity contribution in [3.8, 4) is 0 Å². The van der Waals surface area contributed by atoms with E-state index in [1.165, 1.54) is 15.7 Å². The number of nitrogens with zero attached hydrogens (tertiary/aromatic N) is 3. The molecular formula is C11H15ClN4O2S2. The van der Waals surface area contributed by atoms with Crippen molar-refractivity contribution < 1.29 is 8.42 Å². The Kier molecular flexibility index (Phi) is 3.76. The summed E-state index contributed by atoms with van der Waals surface area (Å²) in [4.78, 5) is 6.80. The van der Waals surface area contributed by atoms with Crippen LogP contribution in [0.2, 0.25) is 5.15 Å². The fourth-order valence-electron chi connectivity index (χ4n) is 2.49. The first kappa shape index (κ1) is 14.3. The highest BCUT2D eigenvalue weighted by Crippen LogP contribution is 2.25. The standard InChI is InChI=1S/C11H15ClN4O2S2/c1-15-4-2-3-8(15)7-13-20(17,18)10-9(12)14-11-16(10)5-6-19-11/h5-6,8,13H,2-4,7H2,1H3. The third-order valence-corrected chi connectivity index (χ3v) is 6.19. The molecule has 1 aliphatic rings. The minimum atomic E-state index is -3.66. The van der Waals surface area contributed by atoms with Gasteiger partial charge in [0.15, 0.2) is 15.1 Å². The largest absolute Gasteiger partial charge is 0.302 e. The Hall–Kier alpha value is -0.670. The number of halogens is 1. The van der Waals surface area contributed by atoms with Crippen molar-refractivity contribution in [2.24, 2.45) is 0 Å². The molecule has 1 saturated heterocycles. The zero-order valence-electron chi connectivity index (χ0n) is 10.9. The molecule has 0 saturated carbocycles. The molecule has 20 heavy (non-hydrogen) atoms. The predicted octanol–water partition coefficient (Wildman–Crippen LogP) is 1.42. The summed E-state index contributed by atoms with van der Waals surface area (Å²) in [5.41, 5.74) is 0. The third-order valence-electron chi connectivity index (χ3n) is 3.61. The van der Waals surface area contributed by atoms with Crippen LogP contribution < -0.4 is 4.72 Å². The highest BCUT2D eigenvalue weighted by atomic mass is 35.5. The predicted molar refractivity (Wildman–Crippen MR) is 78.9 cm³/mol. The van der Waals surface area contributed by atoms with Crippen LogP contribution in [0, 0.1) is 0 Å². The molecule has 0 aromatic carbocycles. The highest BCUT2D eigenvalue weighted by Gasteiger charge is 2.28. The van der Waals surface area contributed by atoms with Crippen LogP contribution in [-0.2, 0) is 10.0 Å². The number of nitrogens with one attached hydrogen (secondary N) is 1. The van der Waals surface area contributed by atoms with Gasteiger partial charge in [-0.1, -0.05) is 11.6 Å². The van der Waals surface area contributed by atoms with Gasteiger partial charge < -0.3 is 4.90 Å². The fraction of sp³-hybridized carbons (Fsp3) is 0.545. The summed E-state index contributed by atoms with van der Waals surface area (Å²) < 4.78 is 29.0. The maximum atomic E-state index is 12.4. The van der Waals surface area contributed by atoms with E-state index in [9.17, 15) is 8.42 Å². The van der Waals surface area contributed by atoms with Crippen LogP contribution >= 0.6 is 22.9 Å². The molecule has 1 unspecified atom stereocenters. The second kappa shape index (κ2) is 5.27. The summed E-state index contributed by atoms with van der Waals surface area (Å²) in [5, 5.41) is 1.82. The summed E-state index contributed by atoms with van der Waals surface area (Å²) in [5.74, 6) is 0. The van der Waals surface area contributed by atoms with E-state index < -0.39 is 10.0 Å². The number of aromatic nitrogens is 2. The molecule has 3 rings (SSSR count). The lowest BCUT2D eigenvalue weighted by Crippen LogP contribution is -2.38. The lowest BCUT2D eigenvalue weighted by atomic mass is 10.2. The van der Waals surface area contributed by atoms with E-state index in [1.54, 1.807) is 11.6 Å². The van der Waals surface area contributed by atoms with E-state index in [2.05, 4.69) is 14.6 Å². The fourth-order valence-corrected chi connectivity index (χ4v) is 5.01. The topological polar surface area (TPSA) is 66.7 Å². The van der Waals surface area contributed by atoms with Crippen molar-refractivity contribution in [2.45, 2.75) is 23.9 Å². The molecule has 9 heteroatoms. The van der Waals surface area contributed by atoms with Gasteiger partial charge in [-0.25, -0.2) is 18.1 Å². The number of sulfonamides is 1. The number of likely N-dealkylation sites (tertiary alicyclic amines) is 1. The van der Waals surface area contributed by atoms with Crippen molar-refractivity contribution in [3.63, 3.8) is 0 Å². The first-order valence-electron chi connectivity index (χ1n) is 6.30. The summed E-state index contributed by atoms with van der Waals surface area (Å²) in [6.07, 6.45) is 3.77. The molecule has 0 spiro atoms. The van der Waals surface area contributed by atoms with Gasteiger partial charge in [-0.2, -0.15) is 0 Å². The maximum absolute atomic E-state index is 12.4. The molecule has 2 aromatic heterocycles. The van der Waals surface area contributed by atoms with Crippen LogP contribution in [0.15, 0.2) is 16.6 Å². The average Bonchev–Trinajstić information content (AvgIpc) is 3.02. The van der Waals surface area contributed by atoms with Gasteiger partial charge in [0.1, 0.15) is 0 Å². The molecule has 1 fully saturated rings. The number of fused-ring (bicyclic) bond motifs is 1. The number of hydrogen-bond donors (Lipinski definition) is 1. The van der Waals surface area contributed by atoms with E-state index in [0.29, 0.717) is 11.5 Å². The first-order valence-corrected chi connectivity index (χ1v) is 9.04. The third kappa shape index (κ3) is 2.46. The highest BCUT2D eigenvalue weighted by molar-refractivity contribution is 7.89. The number of likely N-dealkylation sites (N-methyl/N-ethyl adjacent to an activating group) is 1. The number of rotatable bonds is 4. The molecule has 0 bridgehead atoms. The van der Waals surface area contributed by atoms with Gasteiger partial charge in [-0.15, -0.1) is 11.3 Å². The van der Waals surface area contributed by atoms with Crippen molar-refractivity contribution >= 4 is 37.9 Å². The van der Waals surface area contributed by atoms with Gasteiger partial charge >= 0.3 is 0 Å². The van der Waals surface area contributed by atoms with Crippen LogP contribution in [0.5, 0.6) is 0 Å². The van der Waals surface area contributed by atoms with Gasteiger partial charge in [-0.05, 0) is 26.4 Å². The molecule has 0 aliphatic carbocycles. The van der Waals surface area contributed by atoms with Gasteiger partial charge in [0.2, 0.25) is 0 Å². The van der Waals surface area contributed by atoms with Gasteiger partial charge in [0, 0.05) is 24.2 Å². The van der Waals surface area contributed by atoms with E-state index in [0.717, 1.165) is 19.4 Å². The average molecular weight is 335 g/mol. The first-order chi connectivity index (χ1) is 9.49. The molecule has 1 N–H and O–H groups in total. The second-order valence-corrected chi connectivity index (χ2v) is 7.81. The molecule has 2 aromatic rings. The summed E-state index contributed by atoms with van der Waals surface area (Å²) in [7, 11) is -1.65. The molecule has 1 aliphatic heterocycles. The van der Waals surface area contributed by atoms with Crippen molar-refractivity contribution in [3.05, 3.63) is 16.7 Å². The maximum Gasteiger partial charge on any atom is 0.259 e. The normalized spacial score (nSPS) is 21.0. The van der Waals surface area contributed by atoms with Crippen molar-refractivity contribution in [1.82, 2.24) is 19.0 Å². The summed E-state index contributed by atoms with van der Waals surface area (Å²) in [6.45, 7) is 1.40. The Morgan fingerprint density at radius 3 is 3.10 bits per heavy atom. The molecule has 1 atom stereocenters. The van der Waals surface area contributed by atoms with Crippen LogP contribution in [0.25, 0.3) is 4.96 Å². The van der Waals surface area contributed by atoms with Crippen LogP contribution in [0.3, 0.4) is 0 Å². The van der Waals surface area contributed by atoms with E-state index in [-0.39, 0.29) is 16.2 Å². The Morgan fingerprint density at radius 1 is 1.60 bits per heavy atom. The number of hydrogen-bond acceptors (Lipinski definition) is 5. The minimum absolute atomic E-state index is 0.0177. The lowest BCUT2D eigenvalue weighted by Gasteiger charge is -2.19. The van der Waals surface area contributed by atoms with E-state index >= 15 is 0 Å². The van der Waals surface area contributed by atoms with E-state index in [1.807, 2.05) is 7.05 Å². The quantitative estimate of drug-likeness (QED) is 0.918. The van der Waals surface area contributed by atoms with Crippen LogP contribution in [0.1, 0.15) is 12.8 Å². The zero-order valence-corrected chi connectivity index (χ0v) is 13.3. The summed E-state index contributed by atoms with van der Waals surface area (Å²) in [6, 6.07) is 0.245. The Labute approximate surface area is 126 Å². The lowest BCUT2D eigenvalue weighted by molar-refractivity contribution is 0.310. The van der Waals surface area contributed by atoms with Gasteiger partial charge in [-0.3, -0.25) is 4.40 Å². The minimum Gasteiger partial charge on any atom is -0.302 e. The van der Waals surface area contributed by atoms with Gasteiger partial charge in [0.25, 0.3) is 10.0 Å². The molecule has 6 nitrogen and oxygen atoms in total. The van der Waals surface area contributed by atoms with E-state index in [4.69, 9.17) is 11.6 Å². The SMILES string of the molecule is CN1CCCC1CNS(=O)(=O)c1c(Cl)nc2sccn12. The van der Waals surface area contributed by atoms with Crippen LogP contribution in [0.4, 0.5) is 0 Å². The Bertz CT molecular complexity index is 724. The number of thiazole rings is 1. The molecular weight excluding hydrogens is 320 g/mol. The smallest absolute Gasteiger partial charge is 0.259 e. The monoisotopic (exact) mass is 334 g/mol. The van der Waals surface area contributed by atoms with Crippen LogP contribution in [-0.4, -0.2) is 48.9 Å². The molecule has 3 heterocycles. The second-order valence-electron chi connectivity index (χ2n) is 4.89. The Morgan fingerprint density at radius 2 is 2.40 bits per heavy atom. The molecule has 0 radical (unpaired) electrons. The van der Waals surface area contributed by atoms with Crippen molar-refractivity contribution in [1.29, 1.82) is 0 Å². The Balaban J connectivity index is 1.84. The number of imidazole rings is 1.